The lowest BCUT2D eigenvalue weighted by atomic mass is 9.82. The Kier molecular flexibility index (Phi) is 6.93. The maximum Gasteiger partial charge on any atom is 0.143 e. The number of rotatable bonds is 5. The molecule has 0 saturated carbocycles. The summed E-state index contributed by atoms with van der Waals surface area (Å²) in [5, 5.41) is 7.01. The van der Waals surface area contributed by atoms with Crippen LogP contribution in [0.3, 0.4) is 0 Å². The van der Waals surface area contributed by atoms with E-state index in [2.05, 4.69) is 207 Å². The van der Waals surface area contributed by atoms with Gasteiger partial charge in [0, 0.05) is 44.7 Å². The predicted octanol–water partition coefficient (Wildman–Crippen LogP) is 15.0. The maximum atomic E-state index is 6.91. The minimum atomic E-state index is -0.0983. The number of fused-ring (bicyclic) bond motifs is 9. The van der Waals surface area contributed by atoms with Crippen LogP contribution in [0.4, 0.5) is 17.1 Å². The minimum absolute atomic E-state index is 0.0983. The number of benzene rings is 9. The van der Waals surface area contributed by atoms with Gasteiger partial charge in [-0.05, 0) is 103 Å². The van der Waals surface area contributed by atoms with Crippen LogP contribution >= 0.6 is 0 Å². The van der Waals surface area contributed by atoms with Crippen LogP contribution in [0.5, 0.6) is 0 Å². The van der Waals surface area contributed by atoms with Crippen molar-refractivity contribution in [2.24, 2.45) is 0 Å². The van der Waals surface area contributed by atoms with Crippen molar-refractivity contribution in [1.29, 1.82) is 0 Å². The summed E-state index contributed by atoms with van der Waals surface area (Å²) < 4.78 is 6.91. The summed E-state index contributed by atoms with van der Waals surface area (Å²) in [6.07, 6.45) is 0. The van der Waals surface area contributed by atoms with Crippen molar-refractivity contribution in [1.82, 2.24) is 0 Å². The van der Waals surface area contributed by atoms with Crippen molar-refractivity contribution in [2.45, 2.75) is 19.3 Å². The highest BCUT2D eigenvalue weighted by Crippen LogP contribution is 2.51. The lowest BCUT2D eigenvalue weighted by molar-refractivity contribution is 0.660. The van der Waals surface area contributed by atoms with Crippen LogP contribution in [0.25, 0.3) is 76.9 Å². The van der Waals surface area contributed by atoms with Crippen LogP contribution in [0.2, 0.25) is 0 Å². The van der Waals surface area contributed by atoms with Gasteiger partial charge in [-0.1, -0.05) is 153 Å². The van der Waals surface area contributed by atoms with Gasteiger partial charge in [-0.3, -0.25) is 0 Å². The average molecular weight is 704 g/mol. The Morgan fingerprint density at radius 2 is 0.927 bits per heavy atom. The molecule has 1 aliphatic rings. The Hall–Kier alpha value is -6.90. The summed E-state index contributed by atoms with van der Waals surface area (Å²) in [6.45, 7) is 4.68. The normalized spacial score (nSPS) is 13.1. The zero-order valence-electron chi connectivity index (χ0n) is 30.8. The van der Waals surface area contributed by atoms with Crippen LogP contribution in [-0.4, -0.2) is 0 Å². The summed E-state index contributed by atoms with van der Waals surface area (Å²) in [5.41, 5.74) is 15.2. The number of hydrogen-bond donors (Lipinski definition) is 0. The van der Waals surface area contributed by atoms with Crippen molar-refractivity contribution < 1.29 is 4.42 Å². The van der Waals surface area contributed by atoms with Gasteiger partial charge in [0.1, 0.15) is 11.2 Å². The Morgan fingerprint density at radius 3 is 1.71 bits per heavy atom. The van der Waals surface area contributed by atoms with E-state index in [0.29, 0.717) is 0 Å². The van der Waals surface area contributed by atoms with Gasteiger partial charge in [0.25, 0.3) is 0 Å². The molecular formula is C53H37NO. The van der Waals surface area contributed by atoms with Gasteiger partial charge >= 0.3 is 0 Å². The summed E-state index contributed by atoms with van der Waals surface area (Å²) in [5.74, 6) is 0. The fraction of sp³-hybridized carbons (Fsp3) is 0.0566. The third-order valence-electron chi connectivity index (χ3n) is 11.9. The van der Waals surface area contributed by atoms with E-state index < -0.39 is 0 Å². The Morgan fingerprint density at radius 1 is 0.364 bits per heavy atom. The molecule has 1 aliphatic carbocycles. The molecule has 2 nitrogen and oxygen atoms in total. The molecular weight excluding hydrogens is 667 g/mol. The molecule has 260 valence electrons. The molecule has 0 N–H and O–H groups in total. The monoisotopic (exact) mass is 703 g/mol. The molecule has 1 aromatic heterocycles. The molecule has 0 radical (unpaired) electrons. The van der Waals surface area contributed by atoms with Crippen molar-refractivity contribution >= 4 is 60.5 Å². The molecule has 1 heterocycles. The fourth-order valence-corrected chi connectivity index (χ4v) is 9.21. The molecule has 0 fully saturated rings. The smallest absolute Gasteiger partial charge is 0.143 e. The summed E-state index contributed by atoms with van der Waals surface area (Å²) in [6, 6.07) is 68.2. The molecule has 0 unspecified atom stereocenters. The molecule has 0 spiro atoms. The quantitative estimate of drug-likeness (QED) is 0.177. The first-order valence-electron chi connectivity index (χ1n) is 19.1. The Bertz CT molecular complexity index is 3120. The highest BCUT2D eigenvalue weighted by atomic mass is 16.3. The number of hydrogen-bond acceptors (Lipinski definition) is 2. The first-order valence-corrected chi connectivity index (χ1v) is 19.1. The van der Waals surface area contributed by atoms with Crippen LogP contribution < -0.4 is 4.90 Å². The van der Waals surface area contributed by atoms with E-state index in [-0.39, 0.29) is 5.41 Å². The molecule has 9 aromatic carbocycles. The summed E-state index contributed by atoms with van der Waals surface area (Å²) in [7, 11) is 0. The lowest BCUT2D eigenvalue weighted by Gasteiger charge is -2.28. The molecule has 0 amide bonds. The van der Waals surface area contributed by atoms with E-state index in [1.54, 1.807) is 0 Å². The Labute approximate surface area is 320 Å². The zero-order valence-corrected chi connectivity index (χ0v) is 30.8. The highest BCUT2D eigenvalue weighted by molar-refractivity contribution is 6.21. The summed E-state index contributed by atoms with van der Waals surface area (Å²) in [4.78, 5) is 2.36. The van der Waals surface area contributed by atoms with Gasteiger partial charge in [-0.15, -0.1) is 0 Å². The van der Waals surface area contributed by atoms with Crippen molar-refractivity contribution in [3.05, 3.63) is 199 Å². The lowest BCUT2D eigenvalue weighted by Crippen LogP contribution is -2.16. The van der Waals surface area contributed by atoms with E-state index in [0.717, 1.165) is 44.4 Å². The molecule has 0 saturated heterocycles. The SMILES string of the molecule is CC1(C)c2ccccc2-c2ccc(N(c3ccccc3)c3ccc4c(c3)oc3c5ccccc5c(-c5ccc(-c6ccccc6)c6ccccc56)cc43)cc21. The van der Waals surface area contributed by atoms with E-state index in [4.69, 9.17) is 4.42 Å². The average Bonchev–Trinajstić information content (AvgIpc) is 3.72. The van der Waals surface area contributed by atoms with Crippen molar-refractivity contribution in [3.63, 3.8) is 0 Å². The van der Waals surface area contributed by atoms with Gasteiger partial charge in [-0.2, -0.15) is 0 Å². The largest absolute Gasteiger partial charge is 0.455 e. The van der Waals surface area contributed by atoms with Gasteiger partial charge in [-0.25, -0.2) is 0 Å². The molecule has 55 heavy (non-hydrogen) atoms. The highest BCUT2D eigenvalue weighted by Gasteiger charge is 2.35. The third-order valence-corrected chi connectivity index (χ3v) is 11.9. The first kappa shape index (κ1) is 31.6. The third kappa shape index (κ3) is 4.81. The predicted molar refractivity (Wildman–Crippen MR) is 232 cm³/mol. The van der Waals surface area contributed by atoms with Crippen LogP contribution in [0.15, 0.2) is 192 Å². The van der Waals surface area contributed by atoms with E-state index in [9.17, 15) is 0 Å². The second kappa shape index (κ2) is 12.1. The van der Waals surface area contributed by atoms with Crippen LogP contribution in [0.1, 0.15) is 25.0 Å². The zero-order chi connectivity index (χ0) is 36.7. The van der Waals surface area contributed by atoms with Gasteiger partial charge in [0.15, 0.2) is 0 Å². The van der Waals surface area contributed by atoms with Gasteiger partial charge in [0.05, 0.1) is 0 Å². The van der Waals surface area contributed by atoms with Gasteiger partial charge in [0.2, 0.25) is 0 Å². The standard InChI is InChI=1S/C53H37NO/c1-53(2)49-24-14-13-22-43(49)44-27-25-36(31-50(44)53)54(35-17-7-4-8-18-35)37-26-28-45-48-33-47(41-21-11-12-23-46(41)52(48)55-51(45)32-37)42-30-29-38(34-15-5-3-6-16-34)39-19-9-10-20-40(39)42/h3-33H,1-2H3. The van der Waals surface area contributed by atoms with Crippen LogP contribution in [-0.2, 0) is 5.41 Å². The summed E-state index contributed by atoms with van der Waals surface area (Å²) >= 11 is 0. The van der Waals surface area contributed by atoms with E-state index in [1.807, 2.05) is 0 Å². The molecule has 2 heteroatoms. The van der Waals surface area contributed by atoms with Crippen molar-refractivity contribution in [3.8, 4) is 33.4 Å². The molecule has 0 aliphatic heterocycles. The molecule has 0 bridgehead atoms. The topological polar surface area (TPSA) is 16.4 Å². The molecule has 0 atom stereocenters. The van der Waals surface area contributed by atoms with E-state index in [1.165, 1.54) is 60.7 Å². The minimum Gasteiger partial charge on any atom is -0.455 e. The first-order chi connectivity index (χ1) is 27.0. The number of anilines is 3. The second-order valence-electron chi connectivity index (χ2n) is 15.3. The Balaban J connectivity index is 1.09. The van der Waals surface area contributed by atoms with Gasteiger partial charge < -0.3 is 9.32 Å². The maximum absolute atomic E-state index is 6.91. The second-order valence-corrected chi connectivity index (χ2v) is 15.3. The number of para-hydroxylation sites is 1. The van der Waals surface area contributed by atoms with Crippen molar-refractivity contribution in [2.75, 3.05) is 4.90 Å². The fourth-order valence-electron chi connectivity index (χ4n) is 9.21. The molecule has 11 rings (SSSR count). The van der Waals surface area contributed by atoms with Crippen LogP contribution in [0, 0.1) is 0 Å². The number of furan rings is 1. The number of nitrogens with zero attached hydrogens (tertiary/aromatic N) is 1. The van der Waals surface area contributed by atoms with E-state index >= 15 is 0 Å². The molecule has 10 aromatic rings.